The summed E-state index contributed by atoms with van der Waals surface area (Å²) in [4.78, 5) is 24.9. The number of amides is 1. The fourth-order valence-electron chi connectivity index (χ4n) is 3.70. The van der Waals surface area contributed by atoms with Crippen LogP contribution in [0, 0.1) is 0 Å². The van der Waals surface area contributed by atoms with Crippen LogP contribution in [0.25, 0.3) is 11.3 Å². The first kappa shape index (κ1) is 24.3. The molecule has 3 aromatic rings. The maximum Gasteiger partial charge on any atom is 0.433 e. The lowest BCUT2D eigenvalue weighted by Gasteiger charge is -2.37. The van der Waals surface area contributed by atoms with Crippen molar-refractivity contribution in [3.8, 4) is 11.3 Å². The molecule has 2 aromatic carbocycles. The van der Waals surface area contributed by atoms with Gasteiger partial charge < -0.3 is 9.80 Å². The molecule has 0 bridgehead atoms. The Labute approximate surface area is 205 Å². The minimum atomic E-state index is -4.62. The summed E-state index contributed by atoms with van der Waals surface area (Å²) in [6.07, 6.45) is -4.62. The molecule has 0 radical (unpaired) electrons. The third kappa shape index (κ3) is 5.82. The number of carbonyl (C=O) groups excluding carboxylic acids is 1. The number of carbonyl (C=O) groups is 1. The molecule has 1 aliphatic rings. The van der Waals surface area contributed by atoms with E-state index >= 15 is 0 Å². The molecule has 5 nitrogen and oxygen atoms in total. The molecular weight excluding hydrogens is 485 g/mol. The number of piperazine rings is 1. The molecule has 0 saturated carbocycles. The largest absolute Gasteiger partial charge is 0.433 e. The fraction of sp³-hybridized carbons (Fsp3) is 0.292. The molecular formula is C24H22ClF3N4OS. The smallest absolute Gasteiger partial charge is 0.368 e. The molecule has 0 spiro atoms. The van der Waals surface area contributed by atoms with Crippen LogP contribution in [0.2, 0.25) is 5.02 Å². The summed E-state index contributed by atoms with van der Waals surface area (Å²) in [5.41, 5.74) is 0.681. The molecule has 34 heavy (non-hydrogen) atoms. The van der Waals surface area contributed by atoms with Crippen molar-refractivity contribution < 1.29 is 18.0 Å². The molecule has 1 saturated heterocycles. The summed E-state index contributed by atoms with van der Waals surface area (Å²) < 4.78 is 40.4. The van der Waals surface area contributed by atoms with Gasteiger partial charge >= 0.3 is 6.18 Å². The van der Waals surface area contributed by atoms with Crippen LogP contribution in [0.4, 0.5) is 18.9 Å². The van der Waals surface area contributed by atoms with Gasteiger partial charge in [-0.1, -0.05) is 59.8 Å². The van der Waals surface area contributed by atoms with E-state index in [9.17, 15) is 18.0 Å². The van der Waals surface area contributed by atoms with Crippen molar-refractivity contribution >= 4 is 35.0 Å². The predicted octanol–water partition coefficient (Wildman–Crippen LogP) is 5.65. The van der Waals surface area contributed by atoms with Gasteiger partial charge in [0.15, 0.2) is 5.16 Å². The van der Waals surface area contributed by atoms with Gasteiger partial charge in [0.25, 0.3) is 0 Å². The number of benzene rings is 2. The van der Waals surface area contributed by atoms with E-state index in [0.29, 0.717) is 36.8 Å². The average Bonchev–Trinajstić information content (AvgIpc) is 2.83. The molecule has 1 aromatic heterocycles. The number of hydrogen-bond donors (Lipinski definition) is 0. The zero-order valence-electron chi connectivity index (χ0n) is 18.3. The summed E-state index contributed by atoms with van der Waals surface area (Å²) >= 11 is 7.01. The quantitative estimate of drug-likeness (QED) is 0.331. The SMILES string of the molecule is CC(Sc1nc(-c2ccccc2)cc(C(F)(F)F)n1)C(=O)N1CCN(c2cccc(Cl)c2)CC1. The summed E-state index contributed by atoms with van der Waals surface area (Å²) in [5, 5.41) is -0.0612. The van der Waals surface area contributed by atoms with Gasteiger partial charge in [-0.25, -0.2) is 9.97 Å². The summed E-state index contributed by atoms with van der Waals surface area (Å²) in [6, 6.07) is 17.1. The Bertz CT molecular complexity index is 1150. The Balaban J connectivity index is 1.46. The van der Waals surface area contributed by atoms with Crippen LogP contribution >= 0.6 is 23.4 Å². The summed E-state index contributed by atoms with van der Waals surface area (Å²) in [6.45, 7) is 3.97. The van der Waals surface area contributed by atoms with E-state index in [-0.39, 0.29) is 16.8 Å². The first-order valence-corrected chi connectivity index (χ1v) is 11.9. The number of hydrogen-bond acceptors (Lipinski definition) is 5. The topological polar surface area (TPSA) is 49.3 Å². The third-order valence-corrected chi connectivity index (χ3v) is 6.64. The van der Waals surface area contributed by atoms with Gasteiger partial charge in [-0.3, -0.25) is 4.79 Å². The monoisotopic (exact) mass is 506 g/mol. The van der Waals surface area contributed by atoms with Crippen LogP contribution in [-0.2, 0) is 11.0 Å². The molecule has 10 heteroatoms. The number of nitrogens with zero attached hydrogens (tertiary/aromatic N) is 4. The molecule has 0 N–H and O–H groups in total. The Morgan fingerprint density at radius 1 is 1.00 bits per heavy atom. The summed E-state index contributed by atoms with van der Waals surface area (Å²) in [7, 11) is 0. The highest BCUT2D eigenvalue weighted by Crippen LogP contribution is 2.33. The number of anilines is 1. The van der Waals surface area contributed by atoms with E-state index in [1.165, 1.54) is 0 Å². The van der Waals surface area contributed by atoms with Crippen LogP contribution in [0.3, 0.4) is 0 Å². The fourth-order valence-corrected chi connectivity index (χ4v) is 4.76. The lowest BCUT2D eigenvalue weighted by atomic mass is 10.1. The summed E-state index contributed by atoms with van der Waals surface area (Å²) in [5.74, 6) is -0.155. The van der Waals surface area contributed by atoms with Crippen molar-refractivity contribution in [3.63, 3.8) is 0 Å². The van der Waals surface area contributed by atoms with E-state index in [1.807, 2.05) is 24.3 Å². The minimum absolute atomic E-state index is 0.0768. The first-order valence-electron chi connectivity index (χ1n) is 10.7. The Morgan fingerprint density at radius 3 is 2.35 bits per heavy atom. The Morgan fingerprint density at radius 2 is 1.71 bits per heavy atom. The van der Waals surface area contributed by atoms with Crippen molar-refractivity contribution in [1.82, 2.24) is 14.9 Å². The van der Waals surface area contributed by atoms with Crippen LogP contribution in [0.15, 0.2) is 65.8 Å². The molecule has 178 valence electrons. The number of alkyl halides is 3. The van der Waals surface area contributed by atoms with Crippen molar-refractivity contribution in [1.29, 1.82) is 0 Å². The Kier molecular flexibility index (Phi) is 7.33. The van der Waals surface area contributed by atoms with Gasteiger partial charge in [0.05, 0.1) is 10.9 Å². The van der Waals surface area contributed by atoms with Crippen LogP contribution < -0.4 is 4.90 Å². The average molecular weight is 507 g/mol. The highest BCUT2D eigenvalue weighted by molar-refractivity contribution is 8.00. The van der Waals surface area contributed by atoms with E-state index in [4.69, 9.17) is 11.6 Å². The van der Waals surface area contributed by atoms with Gasteiger partial charge in [0.2, 0.25) is 5.91 Å². The number of thioether (sulfide) groups is 1. The molecule has 4 rings (SSSR count). The standard InChI is InChI=1S/C24H22ClF3N4OS/c1-16(22(33)32-12-10-31(11-13-32)19-9-5-8-18(25)14-19)34-23-29-20(17-6-3-2-4-7-17)15-21(30-23)24(26,27)28/h2-9,14-16H,10-13H2,1H3. The van der Waals surface area contributed by atoms with E-state index in [2.05, 4.69) is 14.9 Å². The molecule has 1 unspecified atom stereocenters. The van der Waals surface area contributed by atoms with E-state index < -0.39 is 17.1 Å². The second-order valence-electron chi connectivity index (χ2n) is 7.84. The van der Waals surface area contributed by atoms with Crippen molar-refractivity contribution in [2.24, 2.45) is 0 Å². The van der Waals surface area contributed by atoms with Crippen LogP contribution in [0.5, 0.6) is 0 Å². The third-order valence-electron chi connectivity index (χ3n) is 5.46. The Hall–Kier alpha value is -2.78. The van der Waals surface area contributed by atoms with E-state index in [1.54, 1.807) is 42.2 Å². The molecule has 0 aliphatic carbocycles. The molecule has 1 atom stereocenters. The van der Waals surface area contributed by atoms with Gasteiger partial charge in [-0.15, -0.1) is 0 Å². The van der Waals surface area contributed by atoms with Gasteiger partial charge in [-0.2, -0.15) is 13.2 Å². The normalized spacial score (nSPS) is 15.3. The molecule has 1 amide bonds. The van der Waals surface area contributed by atoms with E-state index in [0.717, 1.165) is 23.5 Å². The van der Waals surface area contributed by atoms with Gasteiger partial charge in [-0.05, 0) is 31.2 Å². The minimum Gasteiger partial charge on any atom is -0.368 e. The zero-order chi connectivity index (χ0) is 24.3. The lowest BCUT2D eigenvalue weighted by molar-refractivity contribution is -0.141. The van der Waals surface area contributed by atoms with Crippen LogP contribution in [0.1, 0.15) is 12.6 Å². The van der Waals surface area contributed by atoms with Gasteiger partial charge in [0, 0.05) is 42.5 Å². The maximum atomic E-state index is 13.5. The number of rotatable bonds is 5. The zero-order valence-corrected chi connectivity index (χ0v) is 19.9. The lowest BCUT2D eigenvalue weighted by Crippen LogP contribution is -2.50. The maximum absolute atomic E-state index is 13.5. The molecule has 1 fully saturated rings. The second-order valence-corrected chi connectivity index (χ2v) is 9.58. The first-order chi connectivity index (χ1) is 16.2. The van der Waals surface area contributed by atoms with Gasteiger partial charge in [0.1, 0.15) is 5.69 Å². The molecule has 2 heterocycles. The highest BCUT2D eigenvalue weighted by atomic mass is 35.5. The predicted molar refractivity (Wildman–Crippen MR) is 128 cm³/mol. The molecule has 1 aliphatic heterocycles. The van der Waals surface area contributed by atoms with Crippen molar-refractivity contribution in [2.45, 2.75) is 23.5 Å². The van der Waals surface area contributed by atoms with Crippen LogP contribution in [-0.4, -0.2) is 52.2 Å². The second kappa shape index (κ2) is 10.2. The highest BCUT2D eigenvalue weighted by Gasteiger charge is 2.34. The van der Waals surface area contributed by atoms with Crippen molar-refractivity contribution in [3.05, 3.63) is 71.4 Å². The number of aromatic nitrogens is 2. The number of halogens is 4. The van der Waals surface area contributed by atoms with Crippen molar-refractivity contribution in [2.75, 3.05) is 31.1 Å².